The normalized spacial score (nSPS) is 11.9. The van der Waals surface area contributed by atoms with Crippen LogP contribution in [0, 0.1) is 11.6 Å². The molecule has 3 rings (SSSR count). The van der Waals surface area contributed by atoms with Gasteiger partial charge in [-0.1, -0.05) is 10.8 Å². The van der Waals surface area contributed by atoms with E-state index in [0.717, 1.165) is 22.1 Å². The zero-order valence-electron chi connectivity index (χ0n) is 14.3. The van der Waals surface area contributed by atoms with E-state index >= 15 is 0 Å². The summed E-state index contributed by atoms with van der Waals surface area (Å²) in [5, 5.41) is 11.3. The van der Waals surface area contributed by atoms with E-state index in [9.17, 15) is 8.78 Å². The van der Waals surface area contributed by atoms with Gasteiger partial charge in [-0.05, 0) is 83.8 Å². The molecule has 0 saturated carbocycles. The molecule has 4 nitrogen and oxygen atoms in total. The number of halogens is 2. The van der Waals surface area contributed by atoms with Crippen molar-refractivity contribution in [1.82, 2.24) is 9.78 Å². The first-order valence-corrected chi connectivity index (χ1v) is 10.2. The molecular weight excluding hydrogens is 386 g/mol. The Labute approximate surface area is 163 Å². The molecule has 0 amide bonds. The van der Waals surface area contributed by atoms with Crippen molar-refractivity contribution in [2.24, 2.45) is 5.10 Å². The summed E-state index contributed by atoms with van der Waals surface area (Å²) in [5.41, 5.74) is 5.17. The van der Waals surface area contributed by atoms with Crippen molar-refractivity contribution in [2.45, 2.75) is 11.9 Å². The number of hydrogen-bond acceptors (Lipinski definition) is 5. The molecule has 0 atom stereocenters. The fourth-order valence-electron chi connectivity index (χ4n) is 2.05. The number of hydrogen-bond donors (Lipinski definition) is 1. The van der Waals surface area contributed by atoms with Gasteiger partial charge < -0.3 is 0 Å². The zero-order chi connectivity index (χ0) is 19.1. The van der Waals surface area contributed by atoms with Crippen molar-refractivity contribution in [3.8, 4) is 5.69 Å². The predicted octanol–water partition coefficient (Wildman–Crippen LogP) is 5.89. The van der Waals surface area contributed by atoms with E-state index in [4.69, 9.17) is 0 Å². The molecule has 0 saturated heterocycles. The molecule has 2 aromatic carbocycles. The Bertz CT molecular complexity index is 935. The second kappa shape index (κ2) is 9.38. The van der Waals surface area contributed by atoms with Crippen LogP contribution in [0.4, 0.5) is 14.5 Å². The Hall–Kier alpha value is -2.58. The van der Waals surface area contributed by atoms with Gasteiger partial charge in [0.1, 0.15) is 16.7 Å². The van der Waals surface area contributed by atoms with Crippen LogP contribution in [-0.2, 0) is 0 Å². The summed E-state index contributed by atoms with van der Waals surface area (Å²) in [6, 6.07) is 14.1. The monoisotopic (exact) mass is 402 g/mol. The van der Waals surface area contributed by atoms with Gasteiger partial charge in [-0.2, -0.15) is 10.2 Å². The summed E-state index contributed by atoms with van der Waals surface area (Å²) in [7, 11) is 3.05. The second-order valence-electron chi connectivity index (χ2n) is 5.41. The van der Waals surface area contributed by atoms with Gasteiger partial charge in [0.2, 0.25) is 0 Å². The summed E-state index contributed by atoms with van der Waals surface area (Å²) >= 11 is 0. The van der Waals surface area contributed by atoms with Crippen molar-refractivity contribution in [3.05, 3.63) is 83.9 Å². The summed E-state index contributed by atoms with van der Waals surface area (Å²) in [6.45, 7) is 1.86. The van der Waals surface area contributed by atoms with Crippen molar-refractivity contribution in [1.29, 1.82) is 0 Å². The highest BCUT2D eigenvalue weighted by Gasteiger charge is 2.05. The fraction of sp³-hybridized carbons (Fsp3) is 0.0526. The lowest BCUT2D eigenvalue weighted by atomic mass is 10.3. The highest BCUT2D eigenvalue weighted by molar-refractivity contribution is 8.77. The van der Waals surface area contributed by atoms with Crippen molar-refractivity contribution >= 4 is 33.0 Å². The molecule has 1 aromatic heterocycles. The van der Waals surface area contributed by atoms with Gasteiger partial charge in [-0.3, -0.25) is 5.43 Å². The molecule has 1 N–H and O–H groups in total. The summed E-state index contributed by atoms with van der Waals surface area (Å²) in [5.74, 6) is -0.559. The smallest absolute Gasteiger partial charge is 0.123 e. The Balaban J connectivity index is 1.53. The summed E-state index contributed by atoms with van der Waals surface area (Å²) < 4.78 is 27.7. The third-order valence-corrected chi connectivity index (χ3v) is 5.34. The Morgan fingerprint density at radius 1 is 1.04 bits per heavy atom. The molecule has 0 aliphatic rings. The number of anilines is 1. The molecule has 138 valence electrons. The van der Waals surface area contributed by atoms with E-state index in [0.29, 0.717) is 0 Å². The average Bonchev–Trinajstić information content (AvgIpc) is 3.14. The second-order valence-corrected chi connectivity index (χ2v) is 7.54. The maximum atomic E-state index is 13.1. The Morgan fingerprint density at radius 2 is 1.70 bits per heavy atom. The number of aromatic nitrogens is 2. The molecule has 0 bridgehead atoms. The van der Waals surface area contributed by atoms with Crippen molar-refractivity contribution in [2.75, 3.05) is 5.43 Å². The minimum Gasteiger partial charge on any atom is -0.278 e. The highest BCUT2D eigenvalue weighted by atomic mass is 33.1. The van der Waals surface area contributed by atoms with E-state index in [1.54, 1.807) is 35.1 Å². The molecule has 0 unspecified atom stereocenters. The van der Waals surface area contributed by atoms with Gasteiger partial charge in [-0.15, -0.1) is 0 Å². The number of rotatable bonds is 7. The number of benzene rings is 2. The number of allylic oxidation sites excluding steroid dienone is 1. The van der Waals surface area contributed by atoms with Crippen molar-refractivity contribution in [3.63, 3.8) is 0 Å². The van der Waals surface area contributed by atoms with Crippen LogP contribution in [-0.4, -0.2) is 15.5 Å². The maximum absolute atomic E-state index is 13.1. The van der Waals surface area contributed by atoms with Crippen LogP contribution in [0.2, 0.25) is 0 Å². The zero-order valence-corrected chi connectivity index (χ0v) is 16.0. The van der Waals surface area contributed by atoms with E-state index in [-0.39, 0.29) is 11.6 Å². The topological polar surface area (TPSA) is 42.2 Å². The number of hydrazone groups is 1. The molecule has 1 heterocycles. The van der Waals surface area contributed by atoms with E-state index in [2.05, 4.69) is 15.6 Å². The molecule has 0 fully saturated rings. The molecule has 0 radical (unpaired) electrons. The van der Waals surface area contributed by atoms with E-state index in [1.165, 1.54) is 45.9 Å². The maximum Gasteiger partial charge on any atom is 0.123 e. The number of nitrogens with one attached hydrogen (secondary N) is 1. The molecule has 0 aliphatic heterocycles. The largest absolute Gasteiger partial charge is 0.278 e. The van der Waals surface area contributed by atoms with Gasteiger partial charge in [-0.25, -0.2) is 13.5 Å². The van der Waals surface area contributed by atoms with Crippen molar-refractivity contribution < 1.29 is 8.78 Å². The van der Waals surface area contributed by atoms with Crippen LogP contribution in [0.15, 0.2) is 82.4 Å². The SMILES string of the molecule is CC(/C=C/SSc1ccnn1-c1ccc(F)cc1)=N/Nc1ccc(F)cc1. The van der Waals surface area contributed by atoms with Gasteiger partial charge in [0.25, 0.3) is 0 Å². The minimum absolute atomic E-state index is 0.276. The standard InChI is InChI=1S/C19H16F2N4S2/c1-14(23-24-17-6-2-15(20)3-7-17)11-13-26-27-19-10-12-22-25(19)18-8-4-16(21)5-9-18/h2-13,24H,1H3/b13-11+,23-14-. The van der Waals surface area contributed by atoms with Crippen LogP contribution in [0.1, 0.15) is 6.92 Å². The average molecular weight is 402 g/mol. The first kappa shape index (κ1) is 19.2. The molecule has 0 aliphatic carbocycles. The predicted molar refractivity (Wildman–Crippen MR) is 109 cm³/mol. The lowest BCUT2D eigenvalue weighted by Gasteiger charge is -2.05. The van der Waals surface area contributed by atoms with Gasteiger partial charge in [0.05, 0.1) is 23.3 Å². The molecule has 27 heavy (non-hydrogen) atoms. The molecule has 8 heteroatoms. The number of nitrogens with zero attached hydrogens (tertiary/aromatic N) is 3. The quantitative estimate of drug-likeness (QED) is 0.304. The summed E-state index contributed by atoms with van der Waals surface area (Å²) in [4.78, 5) is 0. The lowest BCUT2D eigenvalue weighted by Crippen LogP contribution is -1.97. The Kier molecular flexibility index (Phi) is 6.67. The van der Waals surface area contributed by atoms with Crippen LogP contribution in [0.5, 0.6) is 0 Å². The molecule has 0 spiro atoms. The fourth-order valence-corrected chi connectivity index (χ4v) is 3.80. The van der Waals surface area contributed by atoms with Crippen LogP contribution < -0.4 is 5.43 Å². The van der Waals surface area contributed by atoms with Crippen LogP contribution in [0.25, 0.3) is 5.69 Å². The van der Waals surface area contributed by atoms with Crippen LogP contribution in [0.3, 0.4) is 0 Å². The highest BCUT2D eigenvalue weighted by Crippen LogP contribution is 2.33. The third-order valence-electron chi connectivity index (χ3n) is 3.38. The Morgan fingerprint density at radius 3 is 2.41 bits per heavy atom. The molecular formula is C19H16F2N4S2. The molecule has 3 aromatic rings. The summed E-state index contributed by atoms with van der Waals surface area (Å²) in [6.07, 6.45) is 3.57. The van der Waals surface area contributed by atoms with Gasteiger partial charge in [0, 0.05) is 0 Å². The third kappa shape index (κ3) is 5.70. The lowest BCUT2D eigenvalue weighted by molar-refractivity contribution is 0.626. The minimum atomic E-state index is -0.283. The first-order chi connectivity index (χ1) is 13.1. The van der Waals surface area contributed by atoms with E-state index in [1.807, 2.05) is 24.5 Å². The first-order valence-electron chi connectivity index (χ1n) is 7.97. The van der Waals surface area contributed by atoms with Gasteiger partial charge >= 0.3 is 0 Å². The van der Waals surface area contributed by atoms with E-state index < -0.39 is 0 Å². The van der Waals surface area contributed by atoms with Gasteiger partial charge in [0.15, 0.2) is 0 Å². The van der Waals surface area contributed by atoms with Crippen LogP contribution >= 0.6 is 21.6 Å².